The lowest BCUT2D eigenvalue weighted by atomic mass is 10.2. The molecule has 0 aliphatic rings. The van der Waals surface area contributed by atoms with E-state index in [1.54, 1.807) is 11.3 Å². The van der Waals surface area contributed by atoms with Crippen LogP contribution in [0.4, 0.5) is 5.69 Å². The number of hydrogen-bond donors (Lipinski definition) is 2. The fourth-order valence-electron chi connectivity index (χ4n) is 1.55. The Balaban J connectivity index is 2.36. The molecule has 1 aromatic heterocycles. The number of hydrogen-bond acceptors (Lipinski definition) is 4. The topological polar surface area (TPSA) is 41.1 Å². The largest absolute Gasteiger partial charge is 0.325 e. The SMILES string of the molecule is CSCC(C)CNCc1sccc1NC(C)=O. The molecule has 1 rings (SSSR count). The highest BCUT2D eigenvalue weighted by Gasteiger charge is 2.06. The van der Waals surface area contributed by atoms with Gasteiger partial charge in [0.2, 0.25) is 5.91 Å². The minimum Gasteiger partial charge on any atom is -0.325 e. The number of carbonyl (C=O) groups excluding carboxylic acids is 1. The first kappa shape index (κ1) is 14.5. The van der Waals surface area contributed by atoms with Crippen molar-refractivity contribution < 1.29 is 4.79 Å². The van der Waals surface area contributed by atoms with Crippen molar-refractivity contribution in [3.63, 3.8) is 0 Å². The molecule has 3 nitrogen and oxygen atoms in total. The van der Waals surface area contributed by atoms with Gasteiger partial charge in [0.1, 0.15) is 0 Å². The molecular weight excluding hydrogens is 252 g/mol. The Kier molecular flexibility index (Phi) is 6.62. The van der Waals surface area contributed by atoms with Gasteiger partial charge in [0.15, 0.2) is 0 Å². The standard InChI is InChI=1S/C12H20N2OS2/c1-9(8-16-3)6-13-7-12-11(4-5-17-12)14-10(2)15/h4-5,9,13H,6-8H2,1-3H3,(H,14,15). The number of anilines is 1. The monoisotopic (exact) mass is 272 g/mol. The summed E-state index contributed by atoms with van der Waals surface area (Å²) in [4.78, 5) is 12.2. The molecule has 2 N–H and O–H groups in total. The summed E-state index contributed by atoms with van der Waals surface area (Å²) in [5.74, 6) is 1.84. The van der Waals surface area contributed by atoms with Crippen LogP contribution in [0, 0.1) is 5.92 Å². The van der Waals surface area contributed by atoms with Gasteiger partial charge in [-0.1, -0.05) is 6.92 Å². The second-order valence-corrected chi connectivity index (χ2v) is 6.04. The highest BCUT2D eigenvalue weighted by Crippen LogP contribution is 2.22. The zero-order chi connectivity index (χ0) is 12.7. The van der Waals surface area contributed by atoms with Crippen LogP contribution in [0.2, 0.25) is 0 Å². The van der Waals surface area contributed by atoms with Crippen LogP contribution in [-0.4, -0.2) is 24.5 Å². The van der Waals surface area contributed by atoms with Gasteiger partial charge in [-0.25, -0.2) is 0 Å². The molecule has 1 heterocycles. The minimum absolute atomic E-state index is 0.0135. The van der Waals surface area contributed by atoms with E-state index < -0.39 is 0 Å². The zero-order valence-corrected chi connectivity index (χ0v) is 12.2. The van der Waals surface area contributed by atoms with Crippen molar-refractivity contribution in [2.45, 2.75) is 20.4 Å². The quantitative estimate of drug-likeness (QED) is 0.802. The van der Waals surface area contributed by atoms with Crippen molar-refractivity contribution in [1.82, 2.24) is 5.32 Å². The van der Waals surface area contributed by atoms with Crippen LogP contribution >= 0.6 is 23.1 Å². The van der Waals surface area contributed by atoms with Gasteiger partial charge in [-0.3, -0.25) is 4.79 Å². The predicted molar refractivity (Wildman–Crippen MR) is 77.9 cm³/mol. The van der Waals surface area contributed by atoms with Crippen LogP contribution in [0.1, 0.15) is 18.7 Å². The molecule has 1 atom stereocenters. The van der Waals surface area contributed by atoms with Crippen LogP contribution < -0.4 is 10.6 Å². The van der Waals surface area contributed by atoms with Crippen molar-refractivity contribution in [3.8, 4) is 0 Å². The molecule has 17 heavy (non-hydrogen) atoms. The van der Waals surface area contributed by atoms with E-state index in [1.165, 1.54) is 17.6 Å². The molecule has 1 unspecified atom stereocenters. The average molecular weight is 272 g/mol. The van der Waals surface area contributed by atoms with Gasteiger partial charge in [-0.15, -0.1) is 11.3 Å². The maximum atomic E-state index is 11.0. The summed E-state index contributed by atoms with van der Waals surface area (Å²) in [7, 11) is 0. The normalized spacial score (nSPS) is 12.4. The van der Waals surface area contributed by atoms with Gasteiger partial charge in [-0.05, 0) is 35.9 Å². The first-order valence-electron chi connectivity index (χ1n) is 5.67. The summed E-state index contributed by atoms with van der Waals surface area (Å²) >= 11 is 3.55. The number of thiophene rings is 1. The van der Waals surface area contributed by atoms with Crippen LogP contribution in [0.15, 0.2) is 11.4 Å². The van der Waals surface area contributed by atoms with Crippen molar-refractivity contribution in [2.24, 2.45) is 5.92 Å². The van der Waals surface area contributed by atoms with Gasteiger partial charge >= 0.3 is 0 Å². The maximum absolute atomic E-state index is 11.0. The second kappa shape index (κ2) is 7.74. The van der Waals surface area contributed by atoms with Gasteiger partial charge in [0.05, 0.1) is 5.69 Å². The first-order chi connectivity index (χ1) is 8.13. The summed E-state index contributed by atoms with van der Waals surface area (Å²) in [5.41, 5.74) is 0.938. The molecule has 0 aromatic carbocycles. The summed E-state index contributed by atoms with van der Waals surface area (Å²) in [6.07, 6.45) is 2.13. The Morgan fingerprint density at radius 3 is 3.00 bits per heavy atom. The van der Waals surface area contributed by atoms with E-state index in [0.29, 0.717) is 5.92 Å². The first-order valence-corrected chi connectivity index (χ1v) is 7.94. The Morgan fingerprint density at radius 1 is 1.59 bits per heavy atom. The third-order valence-corrected chi connectivity index (χ3v) is 4.11. The van der Waals surface area contributed by atoms with Gasteiger partial charge in [-0.2, -0.15) is 11.8 Å². The number of amides is 1. The molecule has 0 aliphatic carbocycles. The van der Waals surface area contributed by atoms with E-state index in [0.717, 1.165) is 18.8 Å². The highest BCUT2D eigenvalue weighted by atomic mass is 32.2. The van der Waals surface area contributed by atoms with Gasteiger partial charge in [0.25, 0.3) is 0 Å². The molecule has 0 aliphatic heterocycles. The molecule has 1 amide bonds. The Morgan fingerprint density at radius 2 is 2.35 bits per heavy atom. The lowest BCUT2D eigenvalue weighted by molar-refractivity contribution is -0.114. The molecule has 96 valence electrons. The highest BCUT2D eigenvalue weighted by molar-refractivity contribution is 7.98. The van der Waals surface area contributed by atoms with E-state index in [2.05, 4.69) is 23.8 Å². The molecular formula is C12H20N2OS2. The van der Waals surface area contributed by atoms with Crippen LogP contribution in [-0.2, 0) is 11.3 Å². The van der Waals surface area contributed by atoms with E-state index in [9.17, 15) is 4.79 Å². The van der Waals surface area contributed by atoms with Gasteiger partial charge < -0.3 is 10.6 Å². The molecule has 0 spiro atoms. The summed E-state index contributed by atoms with van der Waals surface area (Å²) in [6.45, 7) is 5.62. The fraction of sp³-hybridized carbons (Fsp3) is 0.583. The van der Waals surface area contributed by atoms with E-state index in [4.69, 9.17) is 0 Å². The predicted octanol–water partition coefficient (Wildman–Crippen LogP) is 2.80. The maximum Gasteiger partial charge on any atom is 0.221 e. The summed E-state index contributed by atoms with van der Waals surface area (Å²) in [6, 6.07) is 1.95. The van der Waals surface area contributed by atoms with Crippen LogP contribution in [0.5, 0.6) is 0 Å². The Labute approximate surface area is 111 Å². The van der Waals surface area contributed by atoms with Gasteiger partial charge in [0, 0.05) is 18.3 Å². The van der Waals surface area contributed by atoms with Crippen LogP contribution in [0.3, 0.4) is 0 Å². The molecule has 0 fully saturated rings. The Bertz CT molecular complexity index is 352. The third kappa shape index (κ3) is 5.57. The number of rotatable bonds is 7. The van der Waals surface area contributed by atoms with E-state index in [1.807, 2.05) is 23.2 Å². The third-order valence-electron chi connectivity index (χ3n) is 2.29. The smallest absolute Gasteiger partial charge is 0.221 e. The molecule has 5 heteroatoms. The van der Waals surface area contributed by atoms with Crippen molar-refractivity contribution in [1.29, 1.82) is 0 Å². The second-order valence-electron chi connectivity index (χ2n) is 4.13. The average Bonchev–Trinajstić information content (AvgIpc) is 2.65. The van der Waals surface area contributed by atoms with E-state index >= 15 is 0 Å². The summed E-state index contributed by atoms with van der Waals surface area (Å²) in [5, 5.41) is 8.28. The Hall–Kier alpha value is -0.520. The van der Waals surface area contributed by atoms with Crippen molar-refractivity contribution in [3.05, 3.63) is 16.3 Å². The van der Waals surface area contributed by atoms with E-state index in [-0.39, 0.29) is 5.91 Å². The number of nitrogens with one attached hydrogen (secondary N) is 2. The molecule has 0 bridgehead atoms. The fourth-order valence-corrected chi connectivity index (χ4v) is 3.04. The molecule has 0 radical (unpaired) electrons. The molecule has 0 saturated carbocycles. The number of thioether (sulfide) groups is 1. The number of carbonyl (C=O) groups is 1. The van der Waals surface area contributed by atoms with Crippen molar-refractivity contribution in [2.75, 3.05) is 23.9 Å². The molecule has 0 saturated heterocycles. The van der Waals surface area contributed by atoms with Crippen molar-refractivity contribution >= 4 is 34.7 Å². The van der Waals surface area contributed by atoms with Crippen LogP contribution in [0.25, 0.3) is 0 Å². The zero-order valence-electron chi connectivity index (χ0n) is 10.6. The minimum atomic E-state index is -0.0135. The lowest BCUT2D eigenvalue weighted by Gasteiger charge is -2.11. The summed E-state index contributed by atoms with van der Waals surface area (Å²) < 4.78 is 0. The molecule has 1 aromatic rings. The lowest BCUT2D eigenvalue weighted by Crippen LogP contribution is -2.22.